The van der Waals surface area contributed by atoms with E-state index in [1.165, 1.54) is 0 Å². The molecule has 2 aromatic carbocycles. The average molecular weight is 405 g/mol. The number of nitrogens with zero attached hydrogens (tertiary/aromatic N) is 2. The first kappa shape index (κ1) is 20.2. The summed E-state index contributed by atoms with van der Waals surface area (Å²) in [6.07, 6.45) is 1.10. The third kappa shape index (κ3) is 3.96. The Hall–Kier alpha value is -3.12. The maximum Gasteiger partial charge on any atom is 0.291 e. The summed E-state index contributed by atoms with van der Waals surface area (Å²) >= 11 is 0. The number of furan rings is 1. The predicted molar refractivity (Wildman–Crippen MR) is 118 cm³/mol. The Kier molecular flexibility index (Phi) is 5.86. The highest BCUT2D eigenvalue weighted by Gasteiger charge is 2.29. The van der Waals surface area contributed by atoms with Crippen molar-refractivity contribution in [2.24, 2.45) is 0 Å². The highest BCUT2D eigenvalue weighted by molar-refractivity contribution is 6.14. The first-order valence-electron chi connectivity index (χ1n) is 10.5. The Bertz CT molecular complexity index is 1060. The summed E-state index contributed by atoms with van der Waals surface area (Å²) in [4.78, 5) is 30.4. The lowest BCUT2D eigenvalue weighted by molar-refractivity contribution is 0.0610. The van der Waals surface area contributed by atoms with Gasteiger partial charge in [0.2, 0.25) is 5.76 Å². The number of rotatable bonds is 5. The van der Waals surface area contributed by atoms with Crippen LogP contribution in [0.3, 0.4) is 0 Å². The number of anilines is 1. The molecule has 0 saturated carbocycles. The molecule has 6 nitrogen and oxygen atoms in total. The molecule has 0 atom stereocenters. The number of aryl methyl sites for hydroxylation is 1. The van der Waals surface area contributed by atoms with Gasteiger partial charge in [-0.05, 0) is 43.7 Å². The Morgan fingerprint density at radius 2 is 1.70 bits per heavy atom. The Labute approximate surface area is 176 Å². The lowest BCUT2D eigenvalue weighted by atomic mass is 10.1. The summed E-state index contributed by atoms with van der Waals surface area (Å²) in [7, 11) is 0. The number of carbonyl (C=O) groups excluding carboxylic acids is 2. The maximum absolute atomic E-state index is 13.3. The number of para-hydroxylation sites is 1. The summed E-state index contributed by atoms with van der Waals surface area (Å²) in [6, 6.07) is 14.8. The van der Waals surface area contributed by atoms with Crippen LogP contribution in [0, 0.1) is 6.92 Å². The lowest BCUT2D eigenvalue weighted by Crippen LogP contribution is -2.48. The van der Waals surface area contributed by atoms with E-state index < -0.39 is 0 Å². The van der Waals surface area contributed by atoms with Crippen LogP contribution in [0.2, 0.25) is 0 Å². The number of benzene rings is 2. The van der Waals surface area contributed by atoms with E-state index in [0.29, 0.717) is 29.9 Å². The highest BCUT2D eigenvalue weighted by atomic mass is 16.3. The van der Waals surface area contributed by atoms with E-state index in [9.17, 15) is 9.59 Å². The molecule has 0 aliphatic carbocycles. The molecule has 0 unspecified atom stereocenters. The van der Waals surface area contributed by atoms with Gasteiger partial charge in [0.15, 0.2) is 0 Å². The zero-order chi connectivity index (χ0) is 21.1. The van der Waals surface area contributed by atoms with Crippen LogP contribution >= 0.6 is 0 Å². The van der Waals surface area contributed by atoms with Gasteiger partial charge in [-0.25, -0.2) is 0 Å². The van der Waals surface area contributed by atoms with Crippen LogP contribution in [0.15, 0.2) is 52.9 Å². The molecule has 1 saturated heterocycles. The molecule has 0 bridgehead atoms. The van der Waals surface area contributed by atoms with E-state index in [4.69, 9.17) is 4.42 Å². The highest BCUT2D eigenvalue weighted by Crippen LogP contribution is 2.32. The average Bonchev–Trinajstić information content (AvgIpc) is 3.13. The molecule has 30 heavy (non-hydrogen) atoms. The molecule has 0 radical (unpaired) electrons. The van der Waals surface area contributed by atoms with Gasteiger partial charge in [-0.1, -0.05) is 37.3 Å². The quantitative estimate of drug-likeness (QED) is 0.692. The van der Waals surface area contributed by atoms with Crippen molar-refractivity contribution in [3.8, 4) is 0 Å². The predicted octanol–water partition coefficient (Wildman–Crippen LogP) is 4.16. The summed E-state index contributed by atoms with van der Waals surface area (Å²) in [5.41, 5.74) is 2.49. The van der Waals surface area contributed by atoms with Crippen molar-refractivity contribution in [1.82, 2.24) is 9.80 Å². The minimum atomic E-state index is -0.249. The number of nitrogens with one attached hydrogen (secondary N) is 1. The van der Waals surface area contributed by atoms with Gasteiger partial charge in [0.05, 0.1) is 0 Å². The molecule has 4 rings (SSSR count). The minimum Gasteiger partial charge on any atom is -0.449 e. The molecule has 2 heterocycles. The second-order valence-electron chi connectivity index (χ2n) is 7.71. The van der Waals surface area contributed by atoms with Crippen molar-refractivity contribution in [2.45, 2.75) is 20.3 Å². The molecule has 1 aliphatic heterocycles. The molecule has 6 heteroatoms. The van der Waals surface area contributed by atoms with Gasteiger partial charge >= 0.3 is 0 Å². The third-order valence-electron chi connectivity index (χ3n) is 5.62. The van der Waals surface area contributed by atoms with Crippen LogP contribution in [0.4, 0.5) is 5.69 Å². The van der Waals surface area contributed by atoms with Gasteiger partial charge in [0.25, 0.3) is 11.8 Å². The first-order valence-corrected chi connectivity index (χ1v) is 10.5. The van der Waals surface area contributed by atoms with Crippen LogP contribution in [-0.2, 0) is 0 Å². The SMILES string of the molecule is CCCN1CCN(C(=O)c2oc3ccccc3c2NC(=O)c2ccccc2C)CC1. The normalized spacial score (nSPS) is 14.8. The van der Waals surface area contributed by atoms with Crippen molar-refractivity contribution >= 4 is 28.5 Å². The number of fused-ring (bicyclic) bond motifs is 1. The fourth-order valence-electron chi connectivity index (χ4n) is 3.96. The van der Waals surface area contributed by atoms with Gasteiger partial charge < -0.3 is 14.6 Å². The molecule has 1 aliphatic rings. The molecule has 2 amide bonds. The number of hydrogen-bond acceptors (Lipinski definition) is 4. The van der Waals surface area contributed by atoms with Gasteiger partial charge in [0.1, 0.15) is 11.3 Å². The van der Waals surface area contributed by atoms with Crippen LogP contribution in [-0.4, -0.2) is 54.3 Å². The molecule has 3 aromatic rings. The first-order chi connectivity index (χ1) is 14.6. The van der Waals surface area contributed by atoms with Crippen LogP contribution < -0.4 is 5.32 Å². The van der Waals surface area contributed by atoms with E-state index in [2.05, 4.69) is 17.1 Å². The Balaban J connectivity index is 1.63. The monoisotopic (exact) mass is 405 g/mol. The summed E-state index contributed by atoms with van der Waals surface area (Å²) < 4.78 is 5.94. The van der Waals surface area contributed by atoms with Gasteiger partial charge in [-0.3, -0.25) is 14.5 Å². The van der Waals surface area contributed by atoms with Crippen LogP contribution in [0.25, 0.3) is 11.0 Å². The largest absolute Gasteiger partial charge is 0.449 e. The fourth-order valence-corrected chi connectivity index (χ4v) is 3.96. The van der Waals surface area contributed by atoms with E-state index in [1.54, 1.807) is 6.07 Å². The van der Waals surface area contributed by atoms with E-state index in [0.717, 1.165) is 37.0 Å². The van der Waals surface area contributed by atoms with Crippen LogP contribution in [0.1, 0.15) is 39.8 Å². The molecule has 1 aromatic heterocycles. The zero-order valence-electron chi connectivity index (χ0n) is 17.5. The number of amides is 2. The summed E-state index contributed by atoms with van der Waals surface area (Å²) in [5.74, 6) is -0.231. The summed E-state index contributed by atoms with van der Waals surface area (Å²) in [5, 5.41) is 3.68. The summed E-state index contributed by atoms with van der Waals surface area (Å²) in [6.45, 7) is 8.11. The molecule has 1 fully saturated rings. The standard InChI is InChI=1S/C24H27N3O3/c1-3-12-26-13-15-27(16-14-26)24(29)22-21(19-10-6-7-11-20(19)30-22)25-23(28)18-9-5-4-8-17(18)2/h4-11H,3,12-16H2,1-2H3,(H,25,28). The Morgan fingerprint density at radius 1 is 1.00 bits per heavy atom. The van der Waals surface area contributed by atoms with E-state index in [-0.39, 0.29) is 17.6 Å². The van der Waals surface area contributed by atoms with E-state index in [1.807, 2.05) is 54.3 Å². The van der Waals surface area contributed by atoms with Crippen LogP contribution in [0.5, 0.6) is 0 Å². The fraction of sp³-hybridized carbons (Fsp3) is 0.333. The number of carbonyl (C=O) groups is 2. The molecule has 0 spiro atoms. The van der Waals surface area contributed by atoms with E-state index >= 15 is 0 Å². The second-order valence-corrected chi connectivity index (χ2v) is 7.71. The third-order valence-corrected chi connectivity index (χ3v) is 5.62. The van der Waals surface area contributed by atoms with Crippen molar-refractivity contribution in [3.05, 3.63) is 65.4 Å². The molecular formula is C24H27N3O3. The topological polar surface area (TPSA) is 65.8 Å². The van der Waals surface area contributed by atoms with Gasteiger partial charge in [-0.2, -0.15) is 0 Å². The lowest BCUT2D eigenvalue weighted by Gasteiger charge is -2.34. The molecule has 1 N–H and O–H groups in total. The Morgan fingerprint density at radius 3 is 2.43 bits per heavy atom. The van der Waals surface area contributed by atoms with Gasteiger partial charge in [0, 0.05) is 37.1 Å². The smallest absolute Gasteiger partial charge is 0.291 e. The zero-order valence-corrected chi connectivity index (χ0v) is 17.5. The van der Waals surface area contributed by atoms with Crippen molar-refractivity contribution < 1.29 is 14.0 Å². The number of piperazine rings is 1. The number of hydrogen-bond donors (Lipinski definition) is 1. The minimum absolute atomic E-state index is 0.178. The molecule has 156 valence electrons. The maximum atomic E-state index is 13.3. The van der Waals surface area contributed by atoms with Gasteiger partial charge in [-0.15, -0.1) is 0 Å². The molecular weight excluding hydrogens is 378 g/mol. The second kappa shape index (κ2) is 8.71. The van der Waals surface area contributed by atoms with Crippen molar-refractivity contribution in [2.75, 3.05) is 38.0 Å². The van der Waals surface area contributed by atoms with Crippen molar-refractivity contribution in [1.29, 1.82) is 0 Å². The van der Waals surface area contributed by atoms with Crippen molar-refractivity contribution in [3.63, 3.8) is 0 Å².